The molecular formula is C19H17ClF2N2O4S. The van der Waals surface area contributed by atoms with Gasteiger partial charge in [0.15, 0.2) is 17.9 Å². The molecule has 0 aromatic heterocycles. The van der Waals surface area contributed by atoms with E-state index in [2.05, 4.69) is 4.99 Å². The summed E-state index contributed by atoms with van der Waals surface area (Å²) in [5.41, 5.74) is 0.895. The zero-order chi connectivity index (χ0) is 21.5. The van der Waals surface area contributed by atoms with Crippen LogP contribution >= 0.6 is 11.6 Å². The van der Waals surface area contributed by atoms with Gasteiger partial charge in [0.2, 0.25) is 5.88 Å². The second-order valence-electron chi connectivity index (χ2n) is 6.44. The van der Waals surface area contributed by atoms with Crippen LogP contribution in [0.2, 0.25) is 5.02 Å². The summed E-state index contributed by atoms with van der Waals surface area (Å²) in [4.78, 5) is 5.15. The van der Waals surface area contributed by atoms with Crippen molar-refractivity contribution in [3.63, 3.8) is 0 Å². The van der Waals surface area contributed by atoms with Crippen molar-refractivity contribution in [1.29, 1.82) is 0 Å². The van der Waals surface area contributed by atoms with Crippen molar-refractivity contribution in [3.05, 3.63) is 70.1 Å². The lowest BCUT2D eigenvalue weighted by Gasteiger charge is -2.34. The summed E-state index contributed by atoms with van der Waals surface area (Å²) in [6, 6.07) is 8.07. The number of benzene rings is 2. The number of amidine groups is 1. The molecule has 0 spiro atoms. The van der Waals surface area contributed by atoms with Gasteiger partial charge in [-0.3, -0.25) is 4.90 Å². The third kappa shape index (κ3) is 3.98. The van der Waals surface area contributed by atoms with Crippen molar-refractivity contribution in [3.8, 4) is 0 Å². The standard InChI is InChI=1S/C19H17ClF2N2O4S/c1-10-4-6-13(7-5-10)29(26,27)28-18-11(2)19(25)24(12(3)23-18)15-9-8-14(21)17(22)16(15)20/h4-9,19,25H,1-3H3. The minimum absolute atomic E-state index is 0.0286. The van der Waals surface area contributed by atoms with E-state index in [-0.39, 0.29) is 27.9 Å². The van der Waals surface area contributed by atoms with E-state index >= 15 is 0 Å². The number of aliphatic hydroxyl groups excluding tert-OH is 1. The number of halogens is 3. The van der Waals surface area contributed by atoms with Gasteiger partial charge in [-0.15, -0.1) is 0 Å². The van der Waals surface area contributed by atoms with Crippen LogP contribution in [0.1, 0.15) is 19.4 Å². The van der Waals surface area contributed by atoms with Gasteiger partial charge in [-0.25, -0.2) is 8.78 Å². The van der Waals surface area contributed by atoms with E-state index in [0.717, 1.165) is 16.5 Å². The van der Waals surface area contributed by atoms with Crippen LogP contribution in [0.15, 0.2) is 57.7 Å². The van der Waals surface area contributed by atoms with Crippen LogP contribution in [0.25, 0.3) is 0 Å². The molecule has 0 saturated carbocycles. The van der Waals surface area contributed by atoms with Gasteiger partial charge in [-0.1, -0.05) is 29.3 Å². The van der Waals surface area contributed by atoms with Crippen molar-refractivity contribution in [2.24, 2.45) is 4.99 Å². The fourth-order valence-corrected chi connectivity index (χ4v) is 3.91. The van der Waals surface area contributed by atoms with Gasteiger partial charge < -0.3 is 9.29 Å². The Balaban J connectivity index is 1.97. The van der Waals surface area contributed by atoms with Gasteiger partial charge >= 0.3 is 10.1 Å². The van der Waals surface area contributed by atoms with Crippen LogP contribution in [0.5, 0.6) is 0 Å². The quantitative estimate of drug-likeness (QED) is 0.569. The monoisotopic (exact) mass is 442 g/mol. The number of anilines is 1. The summed E-state index contributed by atoms with van der Waals surface area (Å²) in [5.74, 6) is -2.65. The molecule has 0 aliphatic carbocycles. The van der Waals surface area contributed by atoms with Crippen molar-refractivity contribution in [2.75, 3.05) is 4.90 Å². The summed E-state index contributed by atoms with van der Waals surface area (Å²) in [6.07, 6.45) is -1.46. The molecule has 2 aromatic carbocycles. The minimum atomic E-state index is -4.19. The molecule has 0 fully saturated rings. The Morgan fingerprint density at radius 3 is 2.34 bits per heavy atom. The Bertz CT molecular complexity index is 1130. The Morgan fingerprint density at radius 2 is 1.72 bits per heavy atom. The molecule has 29 heavy (non-hydrogen) atoms. The molecule has 1 N–H and O–H groups in total. The van der Waals surface area contributed by atoms with Gasteiger partial charge in [0.05, 0.1) is 5.69 Å². The summed E-state index contributed by atoms with van der Waals surface area (Å²) < 4.78 is 57.4. The van der Waals surface area contributed by atoms with Crippen LogP contribution < -0.4 is 4.90 Å². The molecule has 1 aliphatic heterocycles. The fourth-order valence-electron chi connectivity index (χ4n) is 2.72. The second-order valence-corrected chi connectivity index (χ2v) is 8.36. The van der Waals surface area contributed by atoms with Gasteiger partial charge in [-0.2, -0.15) is 13.4 Å². The van der Waals surface area contributed by atoms with E-state index in [0.29, 0.717) is 0 Å². The summed E-state index contributed by atoms with van der Waals surface area (Å²) >= 11 is 5.88. The highest BCUT2D eigenvalue weighted by atomic mass is 35.5. The van der Waals surface area contributed by atoms with E-state index < -0.39 is 33.0 Å². The Morgan fingerprint density at radius 1 is 1.10 bits per heavy atom. The Hall–Kier alpha value is -2.49. The molecule has 10 heteroatoms. The summed E-state index contributed by atoms with van der Waals surface area (Å²) in [6.45, 7) is 4.66. The molecule has 0 bridgehead atoms. The third-order valence-corrected chi connectivity index (χ3v) is 5.94. The maximum Gasteiger partial charge on any atom is 0.340 e. The molecule has 0 amide bonds. The number of hydrogen-bond acceptors (Lipinski definition) is 6. The first-order valence-electron chi connectivity index (χ1n) is 8.41. The zero-order valence-corrected chi connectivity index (χ0v) is 17.2. The first kappa shape index (κ1) is 21.2. The third-order valence-electron chi connectivity index (χ3n) is 4.35. The van der Waals surface area contributed by atoms with Crippen LogP contribution in [0.4, 0.5) is 14.5 Å². The molecule has 154 valence electrons. The fraction of sp³-hybridized carbons (Fsp3) is 0.211. The second kappa shape index (κ2) is 7.74. The predicted octanol–water partition coefficient (Wildman–Crippen LogP) is 4.12. The number of hydrogen-bond donors (Lipinski definition) is 1. The topological polar surface area (TPSA) is 79.2 Å². The minimum Gasteiger partial charge on any atom is -0.369 e. The van der Waals surface area contributed by atoms with Crippen LogP contribution in [-0.4, -0.2) is 25.6 Å². The molecule has 0 radical (unpaired) electrons. The molecule has 3 rings (SSSR count). The van der Waals surface area contributed by atoms with Gasteiger partial charge in [0, 0.05) is 5.57 Å². The molecular weight excluding hydrogens is 426 g/mol. The highest BCUT2D eigenvalue weighted by molar-refractivity contribution is 7.86. The largest absolute Gasteiger partial charge is 0.369 e. The molecule has 1 aliphatic rings. The molecule has 1 atom stereocenters. The Labute approximate surface area is 171 Å². The number of aliphatic imine (C=N–C) groups is 1. The van der Waals surface area contributed by atoms with E-state index in [9.17, 15) is 22.3 Å². The zero-order valence-electron chi connectivity index (χ0n) is 15.6. The number of aliphatic hydroxyl groups is 1. The Kier molecular flexibility index (Phi) is 5.66. The summed E-state index contributed by atoms with van der Waals surface area (Å²) in [5, 5.41) is 10.1. The molecule has 1 unspecified atom stereocenters. The van der Waals surface area contributed by atoms with E-state index in [4.69, 9.17) is 15.8 Å². The van der Waals surface area contributed by atoms with Crippen molar-refractivity contribution in [2.45, 2.75) is 31.9 Å². The highest BCUT2D eigenvalue weighted by Crippen LogP contribution is 2.35. The smallest absolute Gasteiger partial charge is 0.340 e. The van der Waals surface area contributed by atoms with E-state index in [1.807, 2.05) is 6.92 Å². The summed E-state index contributed by atoms with van der Waals surface area (Å²) in [7, 11) is -4.19. The molecule has 2 aromatic rings. The average molecular weight is 443 g/mol. The lowest BCUT2D eigenvalue weighted by Crippen LogP contribution is -2.43. The SMILES string of the molecule is CC1=NC(OS(=O)(=O)c2ccc(C)cc2)=C(C)C(O)N1c1ccc(F)c(F)c1Cl. The lowest BCUT2D eigenvalue weighted by molar-refractivity contribution is 0.209. The van der Waals surface area contributed by atoms with E-state index in [1.165, 1.54) is 32.0 Å². The van der Waals surface area contributed by atoms with Crippen molar-refractivity contribution < 1.29 is 26.5 Å². The lowest BCUT2D eigenvalue weighted by atomic mass is 10.1. The van der Waals surface area contributed by atoms with Crippen molar-refractivity contribution >= 4 is 33.2 Å². The van der Waals surface area contributed by atoms with Gasteiger partial charge in [0.25, 0.3) is 0 Å². The number of rotatable bonds is 4. The van der Waals surface area contributed by atoms with Gasteiger partial charge in [0.1, 0.15) is 15.8 Å². The van der Waals surface area contributed by atoms with Gasteiger partial charge in [-0.05, 0) is 45.0 Å². The molecule has 0 saturated heterocycles. The number of aryl methyl sites for hydroxylation is 1. The van der Waals surface area contributed by atoms with Crippen LogP contribution in [0.3, 0.4) is 0 Å². The average Bonchev–Trinajstić information content (AvgIpc) is 2.66. The molecule has 1 heterocycles. The first-order chi connectivity index (χ1) is 13.5. The normalized spacial score (nSPS) is 17.4. The van der Waals surface area contributed by atoms with Crippen LogP contribution in [0, 0.1) is 18.6 Å². The van der Waals surface area contributed by atoms with Crippen molar-refractivity contribution in [1.82, 2.24) is 0 Å². The molecule has 6 nitrogen and oxygen atoms in total. The van der Waals surface area contributed by atoms with E-state index in [1.54, 1.807) is 12.1 Å². The highest BCUT2D eigenvalue weighted by Gasteiger charge is 2.33. The van der Waals surface area contributed by atoms with Crippen LogP contribution in [-0.2, 0) is 14.3 Å². The first-order valence-corrected chi connectivity index (χ1v) is 10.2. The maximum absolute atomic E-state index is 13.8. The maximum atomic E-state index is 13.8. The predicted molar refractivity (Wildman–Crippen MR) is 105 cm³/mol. The number of nitrogens with zero attached hydrogens (tertiary/aromatic N) is 2.